The normalized spacial score (nSPS) is 18.0. The molecule has 0 saturated heterocycles. The van der Waals surface area contributed by atoms with E-state index in [0.29, 0.717) is 18.2 Å². The topological polar surface area (TPSA) is 74.7 Å². The fourth-order valence-electron chi connectivity index (χ4n) is 2.72. The molecule has 2 rings (SSSR count). The third kappa shape index (κ3) is 2.99. The van der Waals surface area contributed by atoms with Crippen molar-refractivity contribution in [2.45, 2.75) is 38.1 Å². The van der Waals surface area contributed by atoms with Crippen molar-refractivity contribution < 1.29 is 0 Å². The van der Waals surface area contributed by atoms with E-state index in [9.17, 15) is 0 Å². The van der Waals surface area contributed by atoms with E-state index in [-0.39, 0.29) is 6.04 Å². The van der Waals surface area contributed by atoms with E-state index in [1.54, 1.807) is 6.20 Å². The largest absolute Gasteiger partial charge is 0.378 e. The molecule has 4 heteroatoms. The van der Waals surface area contributed by atoms with Crippen LogP contribution in [0.5, 0.6) is 0 Å². The Balaban J connectivity index is 2.07. The van der Waals surface area contributed by atoms with Crippen LogP contribution in [0, 0.1) is 17.2 Å². The molecule has 4 nitrogen and oxygen atoms in total. The molecule has 1 fully saturated rings. The lowest BCUT2D eigenvalue weighted by Crippen LogP contribution is -2.37. The summed E-state index contributed by atoms with van der Waals surface area (Å²) in [6, 6.07) is 6.11. The summed E-state index contributed by atoms with van der Waals surface area (Å²) < 4.78 is 0. The molecule has 1 unspecified atom stereocenters. The first kappa shape index (κ1) is 12.8. The summed E-state index contributed by atoms with van der Waals surface area (Å²) in [5.41, 5.74) is 7.13. The molecule has 1 aromatic rings. The lowest BCUT2D eigenvalue weighted by atomic mass is 9.84. The molecule has 0 bridgehead atoms. The first-order valence-corrected chi connectivity index (χ1v) is 6.67. The molecule has 1 aliphatic rings. The van der Waals surface area contributed by atoms with Gasteiger partial charge in [-0.3, -0.25) is 0 Å². The average molecular weight is 244 g/mol. The average Bonchev–Trinajstić information content (AvgIpc) is 2.46. The van der Waals surface area contributed by atoms with Gasteiger partial charge in [0.25, 0.3) is 0 Å². The number of anilines is 1. The molecule has 18 heavy (non-hydrogen) atoms. The van der Waals surface area contributed by atoms with Crippen LogP contribution < -0.4 is 11.1 Å². The molecule has 0 spiro atoms. The Labute approximate surface area is 108 Å². The van der Waals surface area contributed by atoms with Gasteiger partial charge in [0.15, 0.2) is 5.69 Å². The molecule has 0 aromatic carbocycles. The molecule has 0 radical (unpaired) electrons. The minimum atomic E-state index is 0.251. The van der Waals surface area contributed by atoms with Gasteiger partial charge in [-0.05, 0) is 30.9 Å². The Morgan fingerprint density at radius 2 is 2.22 bits per heavy atom. The molecule has 3 N–H and O–H groups in total. The molecule has 1 aliphatic carbocycles. The maximum Gasteiger partial charge on any atom is 0.163 e. The van der Waals surface area contributed by atoms with E-state index in [1.807, 2.05) is 12.1 Å². The van der Waals surface area contributed by atoms with E-state index in [1.165, 1.54) is 32.1 Å². The lowest BCUT2D eigenvalue weighted by molar-refractivity contribution is 0.320. The van der Waals surface area contributed by atoms with Crippen LogP contribution in [-0.2, 0) is 0 Å². The minimum Gasteiger partial charge on any atom is -0.378 e. The number of nitriles is 1. The van der Waals surface area contributed by atoms with E-state index in [4.69, 9.17) is 11.0 Å². The van der Waals surface area contributed by atoms with Crippen LogP contribution in [0.25, 0.3) is 0 Å². The van der Waals surface area contributed by atoms with Crippen LogP contribution in [0.2, 0.25) is 0 Å². The van der Waals surface area contributed by atoms with Crippen molar-refractivity contribution >= 4 is 5.69 Å². The Morgan fingerprint density at radius 3 is 2.89 bits per heavy atom. The number of nitrogens with one attached hydrogen (secondary N) is 1. The van der Waals surface area contributed by atoms with Crippen molar-refractivity contribution in [1.29, 1.82) is 5.26 Å². The van der Waals surface area contributed by atoms with Gasteiger partial charge in [0.1, 0.15) is 6.07 Å². The summed E-state index contributed by atoms with van der Waals surface area (Å²) in [6.07, 6.45) is 8.03. The van der Waals surface area contributed by atoms with Crippen LogP contribution >= 0.6 is 0 Å². The van der Waals surface area contributed by atoms with Gasteiger partial charge in [-0.25, -0.2) is 4.98 Å². The summed E-state index contributed by atoms with van der Waals surface area (Å²) in [5, 5.41) is 12.4. The van der Waals surface area contributed by atoms with Gasteiger partial charge in [-0.1, -0.05) is 19.3 Å². The Kier molecular flexibility index (Phi) is 4.54. The number of nitrogens with two attached hydrogens (primary N) is 1. The fourth-order valence-corrected chi connectivity index (χ4v) is 2.72. The second-order valence-electron chi connectivity index (χ2n) is 4.90. The zero-order valence-electron chi connectivity index (χ0n) is 10.6. The van der Waals surface area contributed by atoms with Crippen LogP contribution in [0.15, 0.2) is 18.3 Å². The maximum atomic E-state index is 9.03. The summed E-state index contributed by atoms with van der Waals surface area (Å²) in [4.78, 5) is 4.07. The molecule has 1 atom stereocenters. The summed E-state index contributed by atoms with van der Waals surface area (Å²) >= 11 is 0. The highest BCUT2D eigenvalue weighted by atomic mass is 15.0. The summed E-state index contributed by atoms with van der Waals surface area (Å²) in [5.74, 6) is 0.621. The van der Waals surface area contributed by atoms with Gasteiger partial charge in [-0.15, -0.1) is 0 Å². The number of rotatable bonds is 4. The molecule has 0 aliphatic heterocycles. The third-order valence-corrected chi connectivity index (χ3v) is 3.73. The van der Waals surface area contributed by atoms with E-state index in [2.05, 4.69) is 16.4 Å². The van der Waals surface area contributed by atoms with E-state index in [0.717, 1.165) is 5.69 Å². The van der Waals surface area contributed by atoms with Crippen LogP contribution in [-0.4, -0.2) is 17.6 Å². The van der Waals surface area contributed by atoms with E-state index < -0.39 is 0 Å². The standard InChI is InChI=1S/C14H20N4/c15-9-13(11-5-2-1-3-6-11)18-12-7-4-8-17-14(12)10-16/h4,7-8,11,13,18H,1-3,5-6,9,15H2. The quantitative estimate of drug-likeness (QED) is 0.852. The number of pyridine rings is 1. The molecule has 96 valence electrons. The lowest BCUT2D eigenvalue weighted by Gasteiger charge is -2.30. The van der Waals surface area contributed by atoms with Crippen molar-refractivity contribution in [3.63, 3.8) is 0 Å². The van der Waals surface area contributed by atoms with Gasteiger partial charge >= 0.3 is 0 Å². The third-order valence-electron chi connectivity index (χ3n) is 3.73. The first-order valence-electron chi connectivity index (χ1n) is 6.67. The van der Waals surface area contributed by atoms with Gasteiger partial charge in [0.05, 0.1) is 5.69 Å². The Bertz CT molecular complexity index is 418. The van der Waals surface area contributed by atoms with Crippen molar-refractivity contribution in [2.24, 2.45) is 11.7 Å². The second kappa shape index (κ2) is 6.36. The predicted molar refractivity (Wildman–Crippen MR) is 72.0 cm³/mol. The highest BCUT2D eigenvalue weighted by molar-refractivity contribution is 5.54. The SMILES string of the molecule is N#Cc1ncccc1NC(CN)C1CCCCC1. The maximum absolute atomic E-state index is 9.03. The molecule has 1 heterocycles. The fraction of sp³-hybridized carbons (Fsp3) is 0.571. The van der Waals surface area contributed by atoms with Crippen molar-refractivity contribution in [3.8, 4) is 6.07 Å². The monoisotopic (exact) mass is 244 g/mol. The summed E-state index contributed by atoms with van der Waals surface area (Å²) in [6.45, 7) is 0.602. The second-order valence-corrected chi connectivity index (χ2v) is 4.90. The molecular formula is C14H20N4. The number of nitrogens with zero attached hydrogens (tertiary/aromatic N) is 2. The molecule has 1 aromatic heterocycles. The zero-order chi connectivity index (χ0) is 12.8. The van der Waals surface area contributed by atoms with Crippen LogP contribution in [0.1, 0.15) is 37.8 Å². The Hall–Kier alpha value is -1.60. The van der Waals surface area contributed by atoms with Crippen molar-refractivity contribution in [1.82, 2.24) is 4.98 Å². The smallest absolute Gasteiger partial charge is 0.163 e. The van der Waals surface area contributed by atoms with Crippen LogP contribution in [0.3, 0.4) is 0 Å². The highest BCUT2D eigenvalue weighted by Crippen LogP contribution is 2.28. The minimum absolute atomic E-state index is 0.251. The molecule has 1 saturated carbocycles. The number of hydrogen-bond donors (Lipinski definition) is 2. The first-order chi connectivity index (χ1) is 8.85. The van der Waals surface area contributed by atoms with Crippen LogP contribution in [0.4, 0.5) is 5.69 Å². The zero-order valence-corrected chi connectivity index (χ0v) is 10.6. The van der Waals surface area contributed by atoms with Crippen molar-refractivity contribution in [2.75, 3.05) is 11.9 Å². The predicted octanol–water partition coefficient (Wildman–Crippen LogP) is 2.27. The van der Waals surface area contributed by atoms with Gasteiger partial charge in [0, 0.05) is 18.8 Å². The van der Waals surface area contributed by atoms with Gasteiger partial charge in [-0.2, -0.15) is 5.26 Å². The van der Waals surface area contributed by atoms with Gasteiger partial charge < -0.3 is 11.1 Å². The Morgan fingerprint density at radius 1 is 1.44 bits per heavy atom. The number of aromatic nitrogens is 1. The molecular weight excluding hydrogens is 224 g/mol. The van der Waals surface area contributed by atoms with Gasteiger partial charge in [0.2, 0.25) is 0 Å². The van der Waals surface area contributed by atoms with E-state index >= 15 is 0 Å². The highest BCUT2D eigenvalue weighted by Gasteiger charge is 2.23. The van der Waals surface area contributed by atoms with Crippen molar-refractivity contribution in [3.05, 3.63) is 24.0 Å². The molecule has 0 amide bonds. The summed E-state index contributed by atoms with van der Waals surface area (Å²) in [7, 11) is 0. The number of hydrogen-bond acceptors (Lipinski definition) is 4.